The zero-order chi connectivity index (χ0) is 16.3. The molecule has 0 radical (unpaired) electrons. The number of carbonyl (C=O) groups is 2. The van der Waals surface area contributed by atoms with E-state index in [2.05, 4.69) is 4.74 Å². The molecule has 22 heavy (non-hydrogen) atoms. The molecule has 6 heteroatoms. The zero-order valence-corrected chi connectivity index (χ0v) is 12.7. The molecule has 0 bridgehead atoms. The van der Waals surface area contributed by atoms with Crippen molar-refractivity contribution in [2.24, 2.45) is 0 Å². The second-order valence-electron chi connectivity index (χ2n) is 5.40. The second-order valence-corrected chi connectivity index (χ2v) is 5.40. The summed E-state index contributed by atoms with van der Waals surface area (Å²) in [5.41, 5.74) is 0.812. The maximum Gasteiger partial charge on any atom is 0.307 e. The van der Waals surface area contributed by atoms with Crippen LogP contribution < -0.4 is 0 Å². The van der Waals surface area contributed by atoms with Crippen molar-refractivity contribution in [2.75, 3.05) is 7.11 Å². The molecule has 4 nitrogen and oxygen atoms in total. The maximum atomic E-state index is 13.9. The van der Waals surface area contributed by atoms with Gasteiger partial charge in [-0.05, 0) is 24.5 Å². The number of rotatable bonds is 5. The first-order chi connectivity index (χ1) is 10.5. The molecule has 0 N–H and O–H groups in total. The fourth-order valence-electron chi connectivity index (χ4n) is 2.71. The van der Waals surface area contributed by atoms with Crippen LogP contribution in [0.1, 0.15) is 37.3 Å². The van der Waals surface area contributed by atoms with Gasteiger partial charge in [0.1, 0.15) is 0 Å². The lowest BCUT2D eigenvalue weighted by Crippen LogP contribution is -2.34. The molecule has 0 unspecified atom stereocenters. The number of amides is 1. The molecule has 0 saturated carbocycles. The molecule has 120 valence electrons. The Morgan fingerprint density at radius 3 is 2.77 bits per heavy atom. The Morgan fingerprint density at radius 1 is 1.41 bits per heavy atom. The van der Waals surface area contributed by atoms with Crippen LogP contribution in [0, 0.1) is 11.6 Å². The molecule has 1 atom stereocenters. The highest BCUT2D eigenvalue weighted by molar-refractivity contribution is 5.80. The molecule has 1 fully saturated rings. The van der Waals surface area contributed by atoms with Gasteiger partial charge in [-0.3, -0.25) is 9.59 Å². The van der Waals surface area contributed by atoms with E-state index in [1.165, 1.54) is 12.0 Å². The topological polar surface area (TPSA) is 46.6 Å². The Morgan fingerprint density at radius 2 is 2.14 bits per heavy atom. The third-order valence-corrected chi connectivity index (χ3v) is 3.99. The number of hydrogen-bond acceptors (Lipinski definition) is 3. The number of aryl methyl sites for hydroxylation is 1. The van der Waals surface area contributed by atoms with Gasteiger partial charge in [0.05, 0.1) is 13.5 Å². The van der Waals surface area contributed by atoms with E-state index in [-0.39, 0.29) is 30.5 Å². The summed E-state index contributed by atoms with van der Waals surface area (Å²) in [5.74, 6) is -2.42. The maximum absolute atomic E-state index is 13.9. The van der Waals surface area contributed by atoms with Crippen molar-refractivity contribution in [1.29, 1.82) is 0 Å². The monoisotopic (exact) mass is 311 g/mol. The Balaban J connectivity index is 2.22. The minimum absolute atomic E-state index is 0.0307. The molecule has 0 aromatic heterocycles. The predicted molar refractivity (Wildman–Crippen MR) is 75.9 cm³/mol. The Labute approximate surface area is 128 Å². The smallest absolute Gasteiger partial charge is 0.307 e. The van der Waals surface area contributed by atoms with Gasteiger partial charge in [-0.25, -0.2) is 8.78 Å². The van der Waals surface area contributed by atoms with Gasteiger partial charge in [-0.2, -0.15) is 0 Å². The summed E-state index contributed by atoms with van der Waals surface area (Å²) in [6.07, 6.45) is 1.47. The van der Waals surface area contributed by atoms with Crippen molar-refractivity contribution in [3.8, 4) is 0 Å². The summed E-state index contributed by atoms with van der Waals surface area (Å²) in [7, 11) is 1.28. The summed E-state index contributed by atoms with van der Waals surface area (Å²) < 4.78 is 32.2. The summed E-state index contributed by atoms with van der Waals surface area (Å²) >= 11 is 0. The van der Waals surface area contributed by atoms with Crippen LogP contribution in [-0.2, 0) is 27.3 Å². The molecule has 0 spiro atoms. The van der Waals surface area contributed by atoms with E-state index in [0.717, 1.165) is 6.07 Å². The van der Waals surface area contributed by atoms with Crippen LogP contribution in [0.2, 0.25) is 0 Å². The molecule has 0 aliphatic carbocycles. The number of ether oxygens (including phenoxy) is 1. The standard InChI is InChI=1S/C16H19F2NO3/c1-3-10-6-11(16(18)13(17)7-10)9-19-12(4-5-14(19)20)8-15(21)22-2/h6-7,12H,3-5,8-9H2,1-2H3/t12-/m0/s1. The van der Waals surface area contributed by atoms with E-state index >= 15 is 0 Å². The minimum atomic E-state index is -0.936. The molecule has 1 aliphatic rings. The number of benzene rings is 1. The number of hydrogen-bond donors (Lipinski definition) is 0. The van der Waals surface area contributed by atoms with E-state index in [0.29, 0.717) is 24.8 Å². The van der Waals surface area contributed by atoms with Gasteiger partial charge < -0.3 is 9.64 Å². The molecule has 1 aliphatic heterocycles. The summed E-state index contributed by atoms with van der Waals surface area (Å²) in [5, 5.41) is 0. The van der Waals surface area contributed by atoms with Crippen LogP contribution >= 0.6 is 0 Å². The van der Waals surface area contributed by atoms with Crippen LogP contribution in [0.3, 0.4) is 0 Å². The highest BCUT2D eigenvalue weighted by Gasteiger charge is 2.33. The van der Waals surface area contributed by atoms with Crippen LogP contribution in [0.4, 0.5) is 8.78 Å². The SMILES string of the molecule is CCc1cc(F)c(F)c(CN2C(=O)CC[C@H]2CC(=O)OC)c1. The van der Waals surface area contributed by atoms with Crippen molar-refractivity contribution < 1.29 is 23.1 Å². The van der Waals surface area contributed by atoms with Gasteiger partial charge in [0.15, 0.2) is 11.6 Å². The molecular formula is C16H19F2NO3. The number of esters is 1. The van der Waals surface area contributed by atoms with Gasteiger partial charge in [0.25, 0.3) is 0 Å². The number of nitrogens with zero attached hydrogens (tertiary/aromatic N) is 1. The summed E-state index contributed by atoms with van der Waals surface area (Å²) in [4.78, 5) is 24.8. The van der Waals surface area contributed by atoms with Gasteiger partial charge in [-0.1, -0.05) is 13.0 Å². The summed E-state index contributed by atoms with van der Waals surface area (Å²) in [6.45, 7) is 1.81. The number of carbonyl (C=O) groups excluding carboxylic acids is 2. The van der Waals surface area contributed by atoms with E-state index < -0.39 is 17.6 Å². The lowest BCUT2D eigenvalue weighted by Gasteiger charge is -2.24. The third kappa shape index (κ3) is 3.43. The lowest BCUT2D eigenvalue weighted by molar-refractivity contribution is -0.142. The quantitative estimate of drug-likeness (QED) is 0.785. The summed E-state index contributed by atoms with van der Waals surface area (Å²) in [6, 6.07) is 2.41. The van der Waals surface area contributed by atoms with Crippen molar-refractivity contribution in [3.63, 3.8) is 0 Å². The van der Waals surface area contributed by atoms with Gasteiger partial charge >= 0.3 is 5.97 Å². The average molecular weight is 311 g/mol. The van der Waals surface area contributed by atoms with Crippen molar-refractivity contribution >= 4 is 11.9 Å². The third-order valence-electron chi connectivity index (χ3n) is 3.99. The second kappa shape index (κ2) is 6.85. The zero-order valence-electron chi connectivity index (χ0n) is 12.7. The van der Waals surface area contributed by atoms with Gasteiger partial charge in [0.2, 0.25) is 5.91 Å². The first-order valence-corrected chi connectivity index (χ1v) is 7.29. The molecule has 1 heterocycles. The minimum Gasteiger partial charge on any atom is -0.469 e. The number of likely N-dealkylation sites (tertiary alicyclic amines) is 1. The van der Waals surface area contributed by atoms with Gasteiger partial charge in [-0.15, -0.1) is 0 Å². The number of halogens is 2. The Kier molecular flexibility index (Phi) is 5.11. The highest BCUT2D eigenvalue weighted by Crippen LogP contribution is 2.26. The fourth-order valence-corrected chi connectivity index (χ4v) is 2.71. The average Bonchev–Trinajstić information content (AvgIpc) is 2.84. The highest BCUT2D eigenvalue weighted by atomic mass is 19.2. The molecule has 2 rings (SSSR count). The van der Waals surface area contributed by atoms with E-state index in [1.807, 2.05) is 6.92 Å². The Bertz CT molecular complexity index is 589. The van der Waals surface area contributed by atoms with E-state index in [4.69, 9.17) is 0 Å². The van der Waals surface area contributed by atoms with Crippen molar-refractivity contribution in [2.45, 2.75) is 45.2 Å². The molecular weight excluding hydrogens is 292 g/mol. The fraction of sp³-hybridized carbons (Fsp3) is 0.500. The first-order valence-electron chi connectivity index (χ1n) is 7.29. The van der Waals surface area contributed by atoms with Crippen molar-refractivity contribution in [1.82, 2.24) is 4.90 Å². The van der Waals surface area contributed by atoms with Gasteiger partial charge in [0, 0.05) is 24.6 Å². The molecule has 1 aromatic rings. The first kappa shape index (κ1) is 16.4. The molecule has 1 saturated heterocycles. The molecule has 1 amide bonds. The van der Waals surface area contributed by atoms with Crippen molar-refractivity contribution in [3.05, 3.63) is 34.9 Å². The van der Waals surface area contributed by atoms with E-state index in [1.54, 1.807) is 6.07 Å². The number of methoxy groups -OCH3 is 1. The predicted octanol–water partition coefficient (Wildman–Crippen LogP) is 2.58. The van der Waals surface area contributed by atoms with Crippen LogP contribution in [0.15, 0.2) is 12.1 Å². The van der Waals surface area contributed by atoms with Crippen LogP contribution in [-0.4, -0.2) is 29.9 Å². The van der Waals surface area contributed by atoms with Crippen LogP contribution in [0.25, 0.3) is 0 Å². The Hall–Kier alpha value is -1.98. The lowest BCUT2D eigenvalue weighted by atomic mass is 10.1. The normalized spacial score (nSPS) is 17.9. The molecule has 1 aromatic carbocycles. The largest absolute Gasteiger partial charge is 0.469 e. The van der Waals surface area contributed by atoms with Crippen LogP contribution in [0.5, 0.6) is 0 Å². The van der Waals surface area contributed by atoms with E-state index in [9.17, 15) is 18.4 Å².